The summed E-state index contributed by atoms with van der Waals surface area (Å²) in [7, 11) is 0. The van der Waals surface area contributed by atoms with E-state index in [0.29, 0.717) is 11.3 Å². The molecule has 0 saturated heterocycles. The number of carbonyl (C=O) groups excluding carboxylic acids is 1. The van der Waals surface area contributed by atoms with Crippen LogP contribution >= 0.6 is 0 Å². The molecule has 1 heterocycles. The normalized spacial score (nSPS) is 10.3. The topological polar surface area (TPSA) is 39.2 Å². The van der Waals surface area contributed by atoms with Crippen LogP contribution in [0.4, 0.5) is 0 Å². The highest BCUT2D eigenvalue weighted by Crippen LogP contribution is 2.19. The predicted molar refractivity (Wildman–Crippen MR) is 90.5 cm³/mol. The van der Waals surface area contributed by atoms with E-state index in [1.807, 2.05) is 42.6 Å². The molecule has 0 atom stereocenters. The highest BCUT2D eigenvalue weighted by atomic mass is 16.5. The van der Waals surface area contributed by atoms with Gasteiger partial charge in [0.15, 0.2) is 0 Å². The number of hydrogen-bond donors (Lipinski definition) is 0. The number of rotatable bonds is 4. The quantitative estimate of drug-likeness (QED) is 0.525. The molecule has 2 aromatic carbocycles. The van der Waals surface area contributed by atoms with Gasteiger partial charge in [-0.15, -0.1) is 0 Å². The number of aryl methyl sites for hydroxylation is 1. The molecule has 3 rings (SSSR count). The molecule has 0 amide bonds. The van der Waals surface area contributed by atoms with E-state index in [1.165, 1.54) is 5.56 Å². The summed E-state index contributed by atoms with van der Waals surface area (Å²) in [6, 6.07) is 20.4. The highest BCUT2D eigenvalue weighted by Gasteiger charge is 2.09. The van der Waals surface area contributed by atoms with Crippen molar-refractivity contribution in [2.75, 3.05) is 0 Å². The molecule has 0 aliphatic heterocycles. The van der Waals surface area contributed by atoms with Crippen molar-refractivity contribution in [3.05, 3.63) is 84.1 Å². The molecule has 0 aliphatic rings. The zero-order chi connectivity index (χ0) is 16.1. The number of hydrogen-bond acceptors (Lipinski definition) is 3. The summed E-state index contributed by atoms with van der Waals surface area (Å²) in [5.74, 6) is 0.176. The number of pyridine rings is 1. The number of para-hydroxylation sites is 1. The molecule has 0 bridgehead atoms. The molecule has 3 heteroatoms. The van der Waals surface area contributed by atoms with Gasteiger partial charge in [0, 0.05) is 11.8 Å². The second-order valence-electron chi connectivity index (χ2n) is 5.19. The van der Waals surface area contributed by atoms with Crippen molar-refractivity contribution in [2.45, 2.75) is 13.3 Å². The first-order valence-electron chi connectivity index (χ1n) is 7.59. The Morgan fingerprint density at radius 2 is 1.70 bits per heavy atom. The third kappa shape index (κ3) is 3.64. The smallest absolute Gasteiger partial charge is 0.343 e. The molecule has 0 aliphatic carbocycles. The average Bonchev–Trinajstić information content (AvgIpc) is 2.63. The van der Waals surface area contributed by atoms with Gasteiger partial charge < -0.3 is 4.74 Å². The van der Waals surface area contributed by atoms with Gasteiger partial charge in [-0.05, 0) is 42.3 Å². The van der Waals surface area contributed by atoms with Crippen molar-refractivity contribution < 1.29 is 9.53 Å². The second-order valence-corrected chi connectivity index (χ2v) is 5.19. The van der Waals surface area contributed by atoms with Gasteiger partial charge in [-0.2, -0.15) is 0 Å². The Morgan fingerprint density at radius 3 is 2.30 bits per heavy atom. The van der Waals surface area contributed by atoms with E-state index in [9.17, 15) is 4.79 Å². The van der Waals surface area contributed by atoms with Crippen LogP contribution in [-0.4, -0.2) is 11.0 Å². The molecular weight excluding hydrogens is 286 g/mol. The lowest BCUT2D eigenvalue weighted by Gasteiger charge is -2.06. The molecule has 23 heavy (non-hydrogen) atoms. The van der Waals surface area contributed by atoms with E-state index in [2.05, 4.69) is 18.0 Å². The van der Waals surface area contributed by atoms with Crippen LogP contribution in [-0.2, 0) is 6.42 Å². The molecule has 0 unspecified atom stereocenters. The van der Waals surface area contributed by atoms with Gasteiger partial charge in [0.25, 0.3) is 0 Å². The van der Waals surface area contributed by atoms with Crippen LogP contribution in [0.1, 0.15) is 22.8 Å². The van der Waals surface area contributed by atoms with Gasteiger partial charge in [-0.3, -0.25) is 4.98 Å². The summed E-state index contributed by atoms with van der Waals surface area (Å²) in [5.41, 5.74) is 3.59. The lowest BCUT2D eigenvalue weighted by Crippen LogP contribution is -2.08. The van der Waals surface area contributed by atoms with Crippen molar-refractivity contribution in [1.82, 2.24) is 4.98 Å². The van der Waals surface area contributed by atoms with Gasteiger partial charge in [-0.1, -0.05) is 43.3 Å². The maximum absolute atomic E-state index is 12.1. The lowest BCUT2D eigenvalue weighted by atomic mass is 10.1. The second kappa shape index (κ2) is 6.88. The van der Waals surface area contributed by atoms with E-state index in [1.54, 1.807) is 24.3 Å². The zero-order valence-corrected chi connectivity index (χ0v) is 12.9. The average molecular weight is 303 g/mol. The van der Waals surface area contributed by atoms with Gasteiger partial charge in [-0.25, -0.2) is 4.79 Å². The number of benzene rings is 2. The first kappa shape index (κ1) is 15.0. The largest absolute Gasteiger partial charge is 0.423 e. The van der Waals surface area contributed by atoms with Crippen LogP contribution in [0.15, 0.2) is 72.9 Å². The van der Waals surface area contributed by atoms with Crippen molar-refractivity contribution in [2.24, 2.45) is 0 Å². The molecule has 3 aromatic rings. The molecular formula is C20H17NO2. The Labute approximate surface area is 135 Å². The summed E-state index contributed by atoms with van der Waals surface area (Å²) < 4.78 is 5.32. The molecule has 3 nitrogen and oxygen atoms in total. The van der Waals surface area contributed by atoms with Crippen LogP contribution in [0.2, 0.25) is 0 Å². The van der Waals surface area contributed by atoms with Crippen LogP contribution in [0.25, 0.3) is 11.3 Å². The highest BCUT2D eigenvalue weighted by molar-refractivity contribution is 5.91. The Balaban J connectivity index is 1.74. The van der Waals surface area contributed by atoms with E-state index < -0.39 is 0 Å². The molecule has 0 N–H and O–H groups in total. The standard InChI is InChI=1S/C20H17NO2/c1-2-15-8-13-19(21-14-15)16-9-11-17(12-10-16)20(22)23-18-6-4-3-5-7-18/h3-14H,2H2,1H3. The van der Waals surface area contributed by atoms with Gasteiger partial charge >= 0.3 is 5.97 Å². The summed E-state index contributed by atoms with van der Waals surface area (Å²) in [5, 5.41) is 0. The van der Waals surface area contributed by atoms with Crippen molar-refractivity contribution >= 4 is 5.97 Å². The first-order chi connectivity index (χ1) is 11.3. The van der Waals surface area contributed by atoms with Crippen LogP contribution in [0, 0.1) is 0 Å². The fraction of sp³-hybridized carbons (Fsp3) is 0.100. The lowest BCUT2D eigenvalue weighted by molar-refractivity contribution is 0.0735. The van der Waals surface area contributed by atoms with E-state index in [0.717, 1.165) is 17.7 Å². The van der Waals surface area contributed by atoms with E-state index in [-0.39, 0.29) is 5.97 Å². The summed E-state index contributed by atoms with van der Waals surface area (Å²) >= 11 is 0. The van der Waals surface area contributed by atoms with Crippen LogP contribution in [0.3, 0.4) is 0 Å². The molecule has 0 radical (unpaired) electrons. The summed E-state index contributed by atoms with van der Waals surface area (Å²) in [4.78, 5) is 16.6. The Hall–Kier alpha value is -2.94. The molecule has 0 saturated carbocycles. The monoisotopic (exact) mass is 303 g/mol. The number of carbonyl (C=O) groups is 1. The van der Waals surface area contributed by atoms with Crippen LogP contribution in [0.5, 0.6) is 5.75 Å². The minimum absolute atomic E-state index is 0.364. The predicted octanol–water partition coefficient (Wildman–Crippen LogP) is 4.53. The number of esters is 1. The Morgan fingerprint density at radius 1 is 0.957 bits per heavy atom. The van der Waals surface area contributed by atoms with Gasteiger partial charge in [0.05, 0.1) is 11.3 Å². The molecule has 1 aromatic heterocycles. The van der Waals surface area contributed by atoms with Gasteiger partial charge in [0.2, 0.25) is 0 Å². The third-order valence-corrected chi connectivity index (χ3v) is 3.60. The maximum Gasteiger partial charge on any atom is 0.343 e. The SMILES string of the molecule is CCc1ccc(-c2ccc(C(=O)Oc3ccccc3)cc2)nc1. The number of nitrogens with zero attached hydrogens (tertiary/aromatic N) is 1. The first-order valence-corrected chi connectivity index (χ1v) is 7.59. The molecule has 114 valence electrons. The summed E-state index contributed by atoms with van der Waals surface area (Å²) in [6.45, 7) is 2.10. The minimum Gasteiger partial charge on any atom is -0.423 e. The zero-order valence-electron chi connectivity index (χ0n) is 12.9. The minimum atomic E-state index is -0.364. The number of ether oxygens (including phenoxy) is 1. The third-order valence-electron chi connectivity index (χ3n) is 3.60. The Kier molecular flexibility index (Phi) is 4.48. The fourth-order valence-electron chi connectivity index (χ4n) is 2.24. The number of aromatic nitrogens is 1. The molecule has 0 fully saturated rings. The van der Waals surface area contributed by atoms with E-state index >= 15 is 0 Å². The van der Waals surface area contributed by atoms with Gasteiger partial charge in [0.1, 0.15) is 5.75 Å². The van der Waals surface area contributed by atoms with E-state index in [4.69, 9.17) is 4.74 Å². The Bertz CT molecular complexity index is 778. The molecule has 0 spiro atoms. The fourth-order valence-corrected chi connectivity index (χ4v) is 2.24. The van der Waals surface area contributed by atoms with Crippen molar-refractivity contribution in [3.8, 4) is 17.0 Å². The van der Waals surface area contributed by atoms with Crippen molar-refractivity contribution in [1.29, 1.82) is 0 Å². The van der Waals surface area contributed by atoms with Crippen molar-refractivity contribution in [3.63, 3.8) is 0 Å². The van der Waals surface area contributed by atoms with Crippen LogP contribution < -0.4 is 4.74 Å². The summed E-state index contributed by atoms with van der Waals surface area (Å²) in [6.07, 6.45) is 2.85. The maximum atomic E-state index is 12.1.